The zero-order valence-corrected chi connectivity index (χ0v) is 10.6. The molecular formula is C13H15NOS. The molecule has 0 radical (unpaired) electrons. The van der Waals surface area contributed by atoms with Crippen LogP contribution < -0.4 is 0 Å². The van der Waals surface area contributed by atoms with Gasteiger partial charge in [-0.15, -0.1) is 11.3 Å². The van der Waals surface area contributed by atoms with Crippen LogP contribution in [-0.4, -0.2) is 10.1 Å². The third-order valence-corrected chi connectivity index (χ3v) is 3.82. The number of benzene rings is 1. The Morgan fingerprint density at radius 3 is 2.56 bits per heavy atom. The first kappa shape index (κ1) is 11.3. The molecule has 0 fully saturated rings. The Hall–Kier alpha value is -1.19. The van der Waals surface area contributed by atoms with Crippen molar-refractivity contribution in [2.45, 2.75) is 27.4 Å². The van der Waals surface area contributed by atoms with Gasteiger partial charge in [0.05, 0.1) is 17.2 Å². The van der Waals surface area contributed by atoms with Gasteiger partial charge in [-0.3, -0.25) is 0 Å². The van der Waals surface area contributed by atoms with Gasteiger partial charge in [0, 0.05) is 5.56 Å². The summed E-state index contributed by atoms with van der Waals surface area (Å²) in [6.07, 6.45) is 0. The van der Waals surface area contributed by atoms with Crippen LogP contribution >= 0.6 is 11.3 Å². The third kappa shape index (κ3) is 2.01. The normalized spacial score (nSPS) is 10.8. The Labute approximate surface area is 99.6 Å². The van der Waals surface area contributed by atoms with Crippen LogP contribution in [0.5, 0.6) is 0 Å². The fraction of sp³-hybridized carbons (Fsp3) is 0.308. The molecule has 0 saturated heterocycles. The molecule has 0 aliphatic heterocycles. The lowest BCUT2D eigenvalue weighted by molar-refractivity contribution is 0.284. The molecule has 0 amide bonds. The van der Waals surface area contributed by atoms with E-state index in [1.54, 1.807) is 11.3 Å². The summed E-state index contributed by atoms with van der Waals surface area (Å²) in [6.45, 7) is 6.20. The number of aromatic nitrogens is 1. The van der Waals surface area contributed by atoms with Crippen LogP contribution in [0.25, 0.3) is 10.6 Å². The third-order valence-electron chi connectivity index (χ3n) is 2.65. The smallest absolute Gasteiger partial charge is 0.124 e. The van der Waals surface area contributed by atoms with Crippen LogP contribution in [0, 0.1) is 20.8 Å². The highest BCUT2D eigenvalue weighted by atomic mass is 32.1. The van der Waals surface area contributed by atoms with Gasteiger partial charge in [-0.05, 0) is 26.3 Å². The zero-order valence-electron chi connectivity index (χ0n) is 9.74. The van der Waals surface area contributed by atoms with Crippen molar-refractivity contribution in [2.24, 2.45) is 0 Å². The number of hydrogen-bond acceptors (Lipinski definition) is 3. The van der Waals surface area contributed by atoms with Crippen molar-refractivity contribution < 1.29 is 5.11 Å². The van der Waals surface area contributed by atoms with E-state index in [1.165, 1.54) is 16.7 Å². The second-order valence-electron chi connectivity index (χ2n) is 4.00. The average Bonchev–Trinajstić information content (AvgIpc) is 2.59. The van der Waals surface area contributed by atoms with Gasteiger partial charge in [-0.25, -0.2) is 4.98 Å². The van der Waals surface area contributed by atoms with Crippen LogP contribution in [0.3, 0.4) is 0 Å². The fourth-order valence-corrected chi connectivity index (χ4v) is 2.76. The lowest BCUT2D eigenvalue weighted by atomic mass is 10.1. The Morgan fingerprint density at radius 1 is 1.25 bits per heavy atom. The van der Waals surface area contributed by atoms with Gasteiger partial charge in [-0.2, -0.15) is 0 Å². The standard InChI is InChI=1S/C13H15NOS/c1-8-4-5-11(9(2)6-8)13-14-10(3)12(7-15)16-13/h4-6,15H,7H2,1-3H3. The van der Waals surface area contributed by atoms with Crippen LogP contribution in [0.2, 0.25) is 0 Å². The van der Waals surface area contributed by atoms with Crippen LogP contribution in [0.15, 0.2) is 18.2 Å². The summed E-state index contributed by atoms with van der Waals surface area (Å²) in [5.41, 5.74) is 4.59. The Balaban J connectivity index is 2.50. The maximum atomic E-state index is 9.16. The van der Waals surface area contributed by atoms with Crippen molar-refractivity contribution in [1.29, 1.82) is 0 Å². The van der Waals surface area contributed by atoms with Gasteiger partial charge in [0.2, 0.25) is 0 Å². The largest absolute Gasteiger partial charge is 0.391 e. The van der Waals surface area contributed by atoms with Gasteiger partial charge in [0.15, 0.2) is 0 Å². The summed E-state index contributed by atoms with van der Waals surface area (Å²) < 4.78 is 0. The quantitative estimate of drug-likeness (QED) is 0.864. The summed E-state index contributed by atoms with van der Waals surface area (Å²) in [5.74, 6) is 0. The highest BCUT2D eigenvalue weighted by Gasteiger charge is 2.10. The summed E-state index contributed by atoms with van der Waals surface area (Å²) >= 11 is 1.57. The zero-order chi connectivity index (χ0) is 11.7. The van der Waals surface area contributed by atoms with Crippen molar-refractivity contribution in [3.05, 3.63) is 39.9 Å². The second-order valence-corrected chi connectivity index (χ2v) is 5.09. The van der Waals surface area contributed by atoms with E-state index in [2.05, 4.69) is 37.0 Å². The minimum Gasteiger partial charge on any atom is -0.391 e. The van der Waals surface area contributed by atoms with Crippen LogP contribution in [-0.2, 0) is 6.61 Å². The summed E-state index contributed by atoms with van der Waals surface area (Å²) in [5, 5.41) is 10.2. The van der Waals surface area contributed by atoms with Crippen molar-refractivity contribution in [1.82, 2.24) is 4.98 Å². The average molecular weight is 233 g/mol. The Kier molecular flexibility index (Phi) is 3.08. The summed E-state index contributed by atoms with van der Waals surface area (Å²) in [6, 6.07) is 6.35. The van der Waals surface area contributed by atoms with Gasteiger partial charge >= 0.3 is 0 Å². The van der Waals surface area contributed by atoms with E-state index in [9.17, 15) is 0 Å². The molecule has 3 heteroatoms. The van der Waals surface area contributed by atoms with E-state index in [0.29, 0.717) is 0 Å². The molecule has 84 valence electrons. The fourth-order valence-electron chi connectivity index (χ4n) is 1.74. The van der Waals surface area contributed by atoms with E-state index in [4.69, 9.17) is 5.11 Å². The number of aliphatic hydroxyl groups is 1. The SMILES string of the molecule is Cc1ccc(-c2nc(C)c(CO)s2)c(C)c1. The first-order valence-corrected chi connectivity index (χ1v) is 6.08. The molecule has 1 heterocycles. The van der Waals surface area contributed by atoms with E-state index in [-0.39, 0.29) is 6.61 Å². The molecular weight excluding hydrogens is 218 g/mol. The predicted octanol–water partition coefficient (Wildman–Crippen LogP) is 3.23. The monoisotopic (exact) mass is 233 g/mol. The van der Waals surface area contributed by atoms with Crippen molar-refractivity contribution >= 4 is 11.3 Å². The number of aliphatic hydroxyl groups excluding tert-OH is 1. The van der Waals surface area contributed by atoms with Gasteiger partial charge in [0.25, 0.3) is 0 Å². The molecule has 0 bridgehead atoms. The molecule has 16 heavy (non-hydrogen) atoms. The number of thiazole rings is 1. The van der Waals surface area contributed by atoms with Crippen molar-refractivity contribution in [2.75, 3.05) is 0 Å². The Bertz CT molecular complexity index is 517. The molecule has 0 saturated carbocycles. The van der Waals surface area contributed by atoms with Crippen LogP contribution in [0.1, 0.15) is 21.7 Å². The molecule has 1 aromatic heterocycles. The minimum atomic E-state index is 0.0778. The number of aryl methyl sites for hydroxylation is 3. The predicted molar refractivity (Wildman–Crippen MR) is 67.7 cm³/mol. The molecule has 2 aromatic rings. The van der Waals surface area contributed by atoms with Crippen molar-refractivity contribution in [3.63, 3.8) is 0 Å². The number of hydrogen-bond donors (Lipinski definition) is 1. The molecule has 0 aliphatic rings. The minimum absolute atomic E-state index is 0.0778. The van der Waals surface area contributed by atoms with E-state index < -0.39 is 0 Å². The first-order valence-electron chi connectivity index (χ1n) is 5.26. The second kappa shape index (κ2) is 4.36. The topological polar surface area (TPSA) is 33.1 Å². The molecule has 0 atom stereocenters. The van der Waals surface area contributed by atoms with Crippen molar-refractivity contribution in [3.8, 4) is 10.6 Å². The maximum absolute atomic E-state index is 9.16. The number of rotatable bonds is 2. The highest BCUT2D eigenvalue weighted by molar-refractivity contribution is 7.15. The molecule has 0 spiro atoms. The molecule has 0 unspecified atom stereocenters. The molecule has 0 aliphatic carbocycles. The maximum Gasteiger partial charge on any atom is 0.124 e. The van der Waals surface area contributed by atoms with E-state index in [0.717, 1.165) is 15.6 Å². The first-order chi connectivity index (χ1) is 7.61. The molecule has 1 N–H and O–H groups in total. The van der Waals surface area contributed by atoms with E-state index in [1.807, 2.05) is 6.92 Å². The number of nitrogens with zero attached hydrogens (tertiary/aromatic N) is 1. The van der Waals surface area contributed by atoms with Gasteiger partial charge in [0.1, 0.15) is 5.01 Å². The van der Waals surface area contributed by atoms with Gasteiger partial charge in [-0.1, -0.05) is 23.8 Å². The lowest BCUT2D eigenvalue weighted by Gasteiger charge is -2.02. The van der Waals surface area contributed by atoms with E-state index >= 15 is 0 Å². The lowest BCUT2D eigenvalue weighted by Crippen LogP contribution is -1.84. The molecule has 2 rings (SSSR count). The van der Waals surface area contributed by atoms with Crippen LogP contribution in [0.4, 0.5) is 0 Å². The molecule has 1 aromatic carbocycles. The van der Waals surface area contributed by atoms with Gasteiger partial charge < -0.3 is 5.11 Å². The molecule has 2 nitrogen and oxygen atoms in total. The summed E-state index contributed by atoms with van der Waals surface area (Å²) in [7, 11) is 0. The summed E-state index contributed by atoms with van der Waals surface area (Å²) in [4.78, 5) is 5.45. The highest BCUT2D eigenvalue weighted by Crippen LogP contribution is 2.30. The Morgan fingerprint density at radius 2 is 2.00 bits per heavy atom.